The first-order valence-electron chi connectivity index (χ1n) is 6.36. The molecule has 9 heteroatoms. The van der Waals surface area contributed by atoms with E-state index >= 15 is 0 Å². The number of carboxylic acid groups (broad SMARTS) is 2. The Morgan fingerprint density at radius 1 is 1.05 bits per heavy atom. The fraction of sp³-hybridized carbons (Fsp3) is 0.667. The summed E-state index contributed by atoms with van der Waals surface area (Å²) in [5, 5.41) is 22.3. The zero-order valence-corrected chi connectivity index (χ0v) is 12.6. The SMILES string of the molecule is CNC(CCC(=O)NC(CS)C(=O)CCC(=O)O)C(=O)O. The van der Waals surface area contributed by atoms with Crippen LogP contribution in [0.25, 0.3) is 0 Å². The summed E-state index contributed by atoms with van der Waals surface area (Å²) in [6.07, 6.45) is -0.469. The Balaban J connectivity index is 4.29. The van der Waals surface area contributed by atoms with Crippen molar-refractivity contribution >= 4 is 36.3 Å². The minimum atomic E-state index is -1.09. The number of ketones is 1. The van der Waals surface area contributed by atoms with Crippen LogP contribution in [0.1, 0.15) is 25.7 Å². The van der Waals surface area contributed by atoms with E-state index in [0.717, 1.165) is 0 Å². The van der Waals surface area contributed by atoms with Gasteiger partial charge in [-0.05, 0) is 13.5 Å². The molecule has 2 atom stereocenters. The summed E-state index contributed by atoms with van der Waals surface area (Å²) in [7, 11) is 1.47. The number of Topliss-reactive ketones (excluding diaryl/α,β-unsaturated/α-hetero) is 1. The van der Waals surface area contributed by atoms with Gasteiger partial charge in [0.25, 0.3) is 0 Å². The molecule has 0 bridgehead atoms. The fourth-order valence-electron chi connectivity index (χ4n) is 1.57. The molecule has 0 spiro atoms. The van der Waals surface area contributed by atoms with Crippen LogP contribution in [0.5, 0.6) is 0 Å². The molecule has 0 fully saturated rings. The van der Waals surface area contributed by atoms with Crippen molar-refractivity contribution in [1.29, 1.82) is 0 Å². The van der Waals surface area contributed by atoms with Crippen LogP contribution in [0, 0.1) is 0 Å². The molecule has 4 N–H and O–H groups in total. The lowest BCUT2D eigenvalue weighted by molar-refractivity contribution is -0.140. The molecular weight excluding hydrogens is 300 g/mol. The number of amides is 1. The van der Waals surface area contributed by atoms with Crippen molar-refractivity contribution in [3.63, 3.8) is 0 Å². The summed E-state index contributed by atoms with van der Waals surface area (Å²) in [4.78, 5) is 44.5. The van der Waals surface area contributed by atoms with Gasteiger partial charge in [0.1, 0.15) is 6.04 Å². The minimum absolute atomic E-state index is 0.0541. The lowest BCUT2D eigenvalue weighted by Gasteiger charge is -2.16. The molecule has 0 aromatic carbocycles. The summed E-state index contributed by atoms with van der Waals surface area (Å²) < 4.78 is 0. The highest BCUT2D eigenvalue weighted by atomic mass is 32.1. The Labute approximate surface area is 127 Å². The number of hydrogen-bond acceptors (Lipinski definition) is 6. The predicted octanol–water partition coefficient (Wildman–Crippen LogP) is -0.712. The second kappa shape index (κ2) is 10.2. The highest BCUT2D eigenvalue weighted by Gasteiger charge is 2.21. The third-order valence-electron chi connectivity index (χ3n) is 2.80. The number of aliphatic carboxylic acids is 2. The number of carbonyl (C=O) groups excluding carboxylic acids is 2. The van der Waals surface area contributed by atoms with Crippen molar-refractivity contribution in [1.82, 2.24) is 10.6 Å². The van der Waals surface area contributed by atoms with Crippen molar-refractivity contribution in [3.05, 3.63) is 0 Å². The first kappa shape index (κ1) is 19.4. The molecule has 0 saturated carbocycles. The van der Waals surface area contributed by atoms with Gasteiger partial charge in [-0.15, -0.1) is 0 Å². The van der Waals surface area contributed by atoms with E-state index in [4.69, 9.17) is 10.2 Å². The Morgan fingerprint density at radius 2 is 1.67 bits per heavy atom. The molecule has 0 saturated heterocycles. The molecule has 0 aliphatic carbocycles. The molecule has 2 unspecified atom stereocenters. The fourth-order valence-corrected chi connectivity index (χ4v) is 1.86. The second-order valence-corrected chi connectivity index (χ2v) is 4.75. The smallest absolute Gasteiger partial charge is 0.320 e. The molecular formula is C12H20N2O6S. The molecule has 8 nitrogen and oxygen atoms in total. The summed E-state index contributed by atoms with van der Waals surface area (Å²) >= 11 is 3.94. The lowest BCUT2D eigenvalue weighted by atomic mass is 10.1. The molecule has 0 heterocycles. The minimum Gasteiger partial charge on any atom is -0.481 e. The van der Waals surface area contributed by atoms with E-state index in [0.29, 0.717) is 0 Å². The zero-order valence-electron chi connectivity index (χ0n) is 11.7. The second-order valence-electron chi connectivity index (χ2n) is 4.38. The molecule has 0 aromatic rings. The van der Waals surface area contributed by atoms with Crippen molar-refractivity contribution in [2.45, 2.75) is 37.8 Å². The molecule has 0 aliphatic rings. The third-order valence-corrected chi connectivity index (χ3v) is 3.16. The monoisotopic (exact) mass is 320 g/mol. The topological polar surface area (TPSA) is 133 Å². The Morgan fingerprint density at radius 3 is 2.10 bits per heavy atom. The molecule has 0 aliphatic heterocycles. The van der Waals surface area contributed by atoms with E-state index in [1.54, 1.807) is 0 Å². The largest absolute Gasteiger partial charge is 0.481 e. The van der Waals surface area contributed by atoms with E-state index in [1.165, 1.54) is 7.05 Å². The standard InChI is InChI=1S/C12H20N2O6S/c1-13-7(12(19)20)2-4-10(16)14-8(6-21)9(15)3-5-11(17)18/h7-8,13,21H,2-6H2,1H3,(H,14,16)(H,17,18)(H,19,20). The Kier molecular flexibility index (Phi) is 9.39. The van der Waals surface area contributed by atoms with Crippen LogP contribution in [0.3, 0.4) is 0 Å². The molecule has 21 heavy (non-hydrogen) atoms. The maximum Gasteiger partial charge on any atom is 0.320 e. The van der Waals surface area contributed by atoms with Crippen LogP contribution >= 0.6 is 12.6 Å². The van der Waals surface area contributed by atoms with Crippen molar-refractivity contribution < 1.29 is 29.4 Å². The van der Waals surface area contributed by atoms with E-state index < -0.39 is 35.7 Å². The van der Waals surface area contributed by atoms with Gasteiger partial charge in [0.2, 0.25) is 5.91 Å². The summed E-state index contributed by atoms with van der Waals surface area (Å²) in [6.45, 7) is 0. The normalized spacial score (nSPS) is 13.2. The summed E-state index contributed by atoms with van der Waals surface area (Å²) in [6, 6.07) is -1.70. The molecule has 0 rings (SSSR count). The van der Waals surface area contributed by atoms with Gasteiger partial charge < -0.3 is 20.8 Å². The van der Waals surface area contributed by atoms with Crippen LogP contribution in [0.4, 0.5) is 0 Å². The van der Waals surface area contributed by atoms with Gasteiger partial charge in [-0.25, -0.2) is 0 Å². The van der Waals surface area contributed by atoms with E-state index in [2.05, 4.69) is 23.3 Å². The highest BCUT2D eigenvalue weighted by Crippen LogP contribution is 2.02. The van der Waals surface area contributed by atoms with Gasteiger partial charge in [-0.3, -0.25) is 19.2 Å². The number of nitrogens with one attached hydrogen (secondary N) is 2. The summed E-state index contributed by atoms with van der Waals surface area (Å²) in [5.41, 5.74) is 0. The van der Waals surface area contributed by atoms with E-state index in [1.807, 2.05) is 0 Å². The Bertz CT molecular complexity index is 401. The van der Waals surface area contributed by atoms with Crippen LogP contribution in [0.2, 0.25) is 0 Å². The van der Waals surface area contributed by atoms with Gasteiger partial charge in [-0.1, -0.05) is 0 Å². The van der Waals surface area contributed by atoms with Crippen LogP contribution in [0.15, 0.2) is 0 Å². The van der Waals surface area contributed by atoms with Gasteiger partial charge in [0.15, 0.2) is 5.78 Å². The third kappa shape index (κ3) is 8.30. The maximum absolute atomic E-state index is 11.7. The predicted molar refractivity (Wildman–Crippen MR) is 77.4 cm³/mol. The van der Waals surface area contributed by atoms with Crippen LogP contribution in [-0.2, 0) is 19.2 Å². The quantitative estimate of drug-likeness (QED) is 0.318. The van der Waals surface area contributed by atoms with Gasteiger partial charge in [0.05, 0.1) is 12.5 Å². The summed E-state index contributed by atoms with van der Waals surface area (Å²) in [5.74, 6) is -2.98. The van der Waals surface area contributed by atoms with Crippen LogP contribution < -0.4 is 10.6 Å². The number of likely N-dealkylation sites (N-methyl/N-ethyl adjacent to an activating group) is 1. The van der Waals surface area contributed by atoms with E-state index in [-0.39, 0.29) is 31.4 Å². The number of thiol groups is 1. The number of carbonyl (C=O) groups is 4. The number of rotatable bonds is 11. The van der Waals surface area contributed by atoms with Crippen molar-refractivity contribution in [3.8, 4) is 0 Å². The maximum atomic E-state index is 11.7. The average molecular weight is 320 g/mol. The molecule has 0 aromatic heterocycles. The highest BCUT2D eigenvalue weighted by molar-refractivity contribution is 7.80. The molecule has 1 amide bonds. The van der Waals surface area contributed by atoms with Crippen LogP contribution in [-0.4, -0.2) is 58.7 Å². The zero-order chi connectivity index (χ0) is 16.4. The van der Waals surface area contributed by atoms with Gasteiger partial charge in [-0.2, -0.15) is 12.6 Å². The average Bonchev–Trinajstić information content (AvgIpc) is 2.42. The lowest BCUT2D eigenvalue weighted by Crippen LogP contribution is -2.43. The van der Waals surface area contributed by atoms with Crippen molar-refractivity contribution in [2.75, 3.05) is 12.8 Å². The molecule has 120 valence electrons. The van der Waals surface area contributed by atoms with Gasteiger partial charge in [0, 0.05) is 18.6 Å². The van der Waals surface area contributed by atoms with Gasteiger partial charge >= 0.3 is 11.9 Å². The van der Waals surface area contributed by atoms with Crippen molar-refractivity contribution in [2.24, 2.45) is 0 Å². The number of carboxylic acids is 2. The van der Waals surface area contributed by atoms with E-state index in [9.17, 15) is 19.2 Å². The number of hydrogen-bond donors (Lipinski definition) is 5. The Hall–Kier alpha value is -1.61. The first-order valence-corrected chi connectivity index (χ1v) is 6.99. The first-order chi connectivity index (χ1) is 9.81. The molecule has 0 radical (unpaired) electrons.